The van der Waals surface area contributed by atoms with Crippen molar-refractivity contribution in [3.8, 4) is 0 Å². The molecular weight excluding hydrogens is 336 g/mol. The summed E-state index contributed by atoms with van der Waals surface area (Å²) in [5.74, 6) is 0.495. The monoisotopic (exact) mass is 361 g/mol. The van der Waals surface area contributed by atoms with Gasteiger partial charge in [-0.1, -0.05) is 25.9 Å². The molecule has 0 bridgehead atoms. The van der Waals surface area contributed by atoms with Crippen molar-refractivity contribution in [1.29, 1.82) is 0 Å². The summed E-state index contributed by atoms with van der Waals surface area (Å²) in [6.45, 7) is 9.04. The number of carbonyl (C=O) groups excluding carboxylic acids is 2. The van der Waals surface area contributed by atoms with E-state index in [4.69, 9.17) is 8.94 Å². The molecule has 0 saturated carbocycles. The second-order valence-electron chi connectivity index (χ2n) is 7.57. The van der Waals surface area contributed by atoms with Crippen LogP contribution in [0.15, 0.2) is 33.4 Å². The Hall–Kier alpha value is -2.61. The summed E-state index contributed by atoms with van der Waals surface area (Å²) in [6, 6.07) is 5.12. The van der Waals surface area contributed by atoms with Crippen LogP contribution in [0.1, 0.15) is 37.0 Å². The van der Waals surface area contributed by atoms with Crippen LogP contribution in [-0.2, 0) is 10.2 Å². The molecule has 0 aliphatic carbocycles. The number of anilines is 1. The summed E-state index contributed by atoms with van der Waals surface area (Å²) >= 11 is 0. The van der Waals surface area contributed by atoms with Crippen molar-refractivity contribution >= 4 is 17.7 Å². The third-order valence-electron chi connectivity index (χ3n) is 4.44. The minimum absolute atomic E-state index is 0.102. The lowest BCUT2D eigenvalue weighted by Crippen LogP contribution is -3.15. The summed E-state index contributed by atoms with van der Waals surface area (Å²) < 4.78 is 10.3. The predicted octanol–water partition coefficient (Wildman–Crippen LogP) is 0.545. The van der Waals surface area contributed by atoms with Gasteiger partial charge in [-0.05, 0) is 12.1 Å². The third kappa shape index (κ3) is 4.32. The van der Waals surface area contributed by atoms with E-state index < -0.39 is 0 Å². The number of rotatable bonds is 4. The van der Waals surface area contributed by atoms with E-state index in [9.17, 15) is 9.59 Å². The molecule has 0 unspecified atom stereocenters. The molecule has 2 N–H and O–H groups in total. The lowest BCUT2D eigenvalue weighted by Gasteiger charge is -2.31. The van der Waals surface area contributed by atoms with Gasteiger partial charge < -0.3 is 18.7 Å². The van der Waals surface area contributed by atoms with E-state index in [-0.39, 0.29) is 17.2 Å². The highest BCUT2D eigenvalue weighted by Crippen LogP contribution is 2.23. The number of furan rings is 1. The molecule has 8 heteroatoms. The molecule has 1 aliphatic rings. The van der Waals surface area contributed by atoms with Crippen LogP contribution in [0.25, 0.3) is 0 Å². The van der Waals surface area contributed by atoms with Crippen molar-refractivity contribution in [1.82, 2.24) is 10.1 Å². The van der Waals surface area contributed by atoms with Crippen molar-refractivity contribution in [2.75, 3.05) is 38.0 Å². The number of quaternary nitrogens is 1. The summed E-state index contributed by atoms with van der Waals surface area (Å²) in [5, 5.41) is 6.75. The van der Waals surface area contributed by atoms with Gasteiger partial charge in [-0.25, -0.2) is 0 Å². The molecule has 2 aromatic rings. The Balaban J connectivity index is 1.46. The number of hydrogen-bond acceptors (Lipinski definition) is 5. The van der Waals surface area contributed by atoms with Crippen LogP contribution in [-0.4, -0.2) is 54.6 Å². The van der Waals surface area contributed by atoms with E-state index in [0.717, 1.165) is 10.6 Å². The van der Waals surface area contributed by atoms with Crippen molar-refractivity contribution in [2.45, 2.75) is 26.2 Å². The van der Waals surface area contributed by atoms with Gasteiger partial charge in [-0.3, -0.25) is 14.9 Å². The molecule has 3 heterocycles. The fourth-order valence-electron chi connectivity index (χ4n) is 2.86. The maximum atomic E-state index is 12.2. The molecule has 1 saturated heterocycles. The Morgan fingerprint density at radius 3 is 2.62 bits per heavy atom. The summed E-state index contributed by atoms with van der Waals surface area (Å²) in [5.41, 5.74) is 0.666. The smallest absolute Gasteiger partial charge is 0.289 e. The molecular formula is C18H25N4O4+. The van der Waals surface area contributed by atoms with Gasteiger partial charge in [0.05, 0.1) is 38.1 Å². The number of nitrogens with zero attached hydrogens (tertiary/aromatic N) is 2. The zero-order valence-corrected chi connectivity index (χ0v) is 15.4. The Bertz CT molecular complexity index is 753. The van der Waals surface area contributed by atoms with Crippen LogP contribution in [0, 0.1) is 0 Å². The first-order valence-corrected chi connectivity index (χ1v) is 8.76. The zero-order chi connectivity index (χ0) is 18.7. The number of amides is 2. The van der Waals surface area contributed by atoms with E-state index in [0.29, 0.717) is 44.4 Å². The Morgan fingerprint density at radius 2 is 2.04 bits per heavy atom. The van der Waals surface area contributed by atoms with E-state index in [1.807, 2.05) is 20.8 Å². The van der Waals surface area contributed by atoms with E-state index in [2.05, 4.69) is 10.5 Å². The first-order valence-electron chi connectivity index (χ1n) is 8.76. The van der Waals surface area contributed by atoms with Crippen LogP contribution >= 0.6 is 0 Å². The van der Waals surface area contributed by atoms with E-state index in [1.54, 1.807) is 23.1 Å². The van der Waals surface area contributed by atoms with Gasteiger partial charge in [0.2, 0.25) is 5.88 Å². The molecule has 0 atom stereocenters. The topological polar surface area (TPSA) is 93.0 Å². The van der Waals surface area contributed by atoms with Gasteiger partial charge in [0.25, 0.3) is 11.8 Å². The molecule has 2 amide bonds. The number of aromatic nitrogens is 1. The fourth-order valence-corrected chi connectivity index (χ4v) is 2.86. The average molecular weight is 361 g/mol. The summed E-state index contributed by atoms with van der Waals surface area (Å²) in [7, 11) is 0. The number of piperazine rings is 1. The highest BCUT2D eigenvalue weighted by Gasteiger charge is 2.27. The van der Waals surface area contributed by atoms with Crippen molar-refractivity contribution in [2.24, 2.45) is 0 Å². The van der Waals surface area contributed by atoms with Crippen molar-refractivity contribution in [3.63, 3.8) is 0 Å². The molecule has 1 aliphatic heterocycles. The molecule has 8 nitrogen and oxygen atoms in total. The first kappa shape index (κ1) is 18.2. The highest BCUT2D eigenvalue weighted by atomic mass is 16.5. The quantitative estimate of drug-likeness (QED) is 0.829. The minimum Gasteiger partial charge on any atom is -0.459 e. The number of carbonyl (C=O) groups is 2. The minimum atomic E-state index is -0.130. The molecule has 26 heavy (non-hydrogen) atoms. The van der Waals surface area contributed by atoms with Gasteiger partial charge in [0.15, 0.2) is 12.3 Å². The lowest BCUT2D eigenvalue weighted by atomic mass is 9.92. The molecule has 2 aromatic heterocycles. The summed E-state index contributed by atoms with van der Waals surface area (Å²) in [6.07, 6.45) is 1.49. The van der Waals surface area contributed by atoms with E-state index >= 15 is 0 Å². The maximum absolute atomic E-state index is 12.2. The number of nitrogens with one attached hydrogen (secondary N) is 2. The predicted molar refractivity (Wildman–Crippen MR) is 94.0 cm³/mol. The fraction of sp³-hybridized carbons (Fsp3) is 0.500. The Morgan fingerprint density at radius 1 is 1.31 bits per heavy atom. The molecule has 140 valence electrons. The van der Waals surface area contributed by atoms with Gasteiger partial charge in [0.1, 0.15) is 0 Å². The molecule has 0 spiro atoms. The standard InChI is InChI=1S/C18H24N4O4/c1-18(2,3)14-11-16(26-20-14)19-15(23)12-21-6-8-22(9-7-21)17(24)13-5-4-10-25-13/h4-5,10-11H,6-9,12H2,1-3H3,(H,19,23)/p+1. The van der Waals surface area contributed by atoms with Crippen LogP contribution < -0.4 is 10.2 Å². The van der Waals surface area contributed by atoms with E-state index in [1.165, 1.54) is 6.26 Å². The van der Waals surface area contributed by atoms with Crippen molar-refractivity contribution in [3.05, 3.63) is 35.9 Å². The normalized spacial score (nSPS) is 15.9. The average Bonchev–Trinajstić information content (AvgIpc) is 3.26. The van der Waals surface area contributed by atoms with Crippen molar-refractivity contribution < 1.29 is 23.4 Å². The van der Waals surface area contributed by atoms with Gasteiger partial charge >= 0.3 is 0 Å². The largest absolute Gasteiger partial charge is 0.459 e. The number of hydrogen-bond donors (Lipinski definition) is 2. The molecule has 1 fully saturated rings. The highest BCUT2D eigenvalue weighted by molar-refractivity contribution is 5.91. The third-order valence-corrected chi connectivity index (χ3v) is 4.44. The van der Waals surface area contributed by atoms with Crippen LogP contribution in [0.2, 0.25) is 0 Å². The zero-order valence-electron chi connectivity index (χ0n) is 15.4. The van der Waals surface area contributed by atoms with Crippen LogP contribution in [0.4, 0.5) is 5.88 Å². The molecule has 3 rings (SSSR count). The Labute approximate surface area is 152 Å². The Kier molecular flexibility index (Phi) is 5.13. The van der Waals surface area contributed by atoms with Gasteiger partial charge in [-0.2, -0.15) is 0 Å². The summed E-state index contributed by atoms with van der Waals surface area (Å²) in [4.78, 5) is 27.3. The maximum Gasteiger partial charge on any atom is 0.289 e. The van der Waals surface area contributed by atoms with Gasteiger partial charge in [-0.15, -0.1) is 0 Å². The van der Waals surface area contributed by atoms with Crippen LogP contribution in [0.5, 0.6) is 0 Å². The SMILES string of the molecule is CC(C)(C)c1cc(NC(=O)C[NH+]2CCN(C(=O)c3ccco3)CC2)on1. The second kappa shape index (κ2) is 7.33. The molecule has 0 radical (unpaired) electrons. The second-order valence-corrected chi connectivity index (χ2v) is 7.57. The lowest BCUT2D eigenvalue weighted by molar-refractivity contribution is -0.895. The van der Waals surface area contributed by atoms with Gasteiger partial charge in [0, 0.05) is 11.5 Å². The molecule has 0 aromatic carbocycles. The first-order chi connectivity index (χ1) is 12.3. The van der Waals surface area contributed by atoms with Crippen LogP contribution in [0.3, 0.4) is 0 Å².